The van der Waals surface area contributed by atoms with Crippen LogP contribution in [-0.2, 0) is 29.4 Å². The van der Waals surface area contributed by atoms with E-state index in [-0.39, 0.29) is 31.3 Å². The van der Waals surface area contributed by atoms with Gasteiger partial charge in [-0.2, -0.15) is 0 Å². The number of amides is 3. The van der Waals surface area contributed by atoms with Crippen molar-refractivity contribution in [1.29, 1.82) is 0 Å². The summed E-state index contributed by atoms with van der Waals surface area (Å²) >= 11 is 6.03. The lowest BCUT2D eigenvalue weighted by atomic mass is 9.66. The van der Waals surface area contributed by atoms with Crippen LogP contribution in [0.5, 0.6) is 0 Å². The van der Waals surface area contributed by atoms with Gasteiger partial charge >= 0.3 is 18.2 Å². The molecule has 3 atom stereocenters. The Morgan fingerprint density at radius 1 is 1.12 bits per heavy atom. The maximum Gasteiger partial charge on any atom is 0.511 e. The number of nitrogens with zero attached hydrogens (tertiary/aromatic N) is 1. The van der Waals surface area contributed by atoms with Gasteiger partial charge in [0.2, 0.25) is 12.7 Å². The van der Waals surface area contributed by atoms with Gasteiger partial charge in [0.15, 0.2) is 0 Å². The fourth-order valence-corrected chi connectivity index (χ4v) is 4.92. The van der Waals surface area contributed by atoms with Crippen LogP contribution in [0.3, 0.4) is 0 Å². The molecule has 4 N–H and O–H groups in total. The topological polar surface area (TPSA) is 164 Å². The number of nitrogens with one attached hydrogen (secondary N) is 2. The molecule has 1 saturated heterocycles. The molecule has 1 aliphatic rings. The van der Waals surface area contributed by atoms with Gasteiger partial charge in [0.25, 0.3) is 0 Å². The second-order valence-electron chi connectivity index (χ2n) is 12.5. The van der Waals surface area contributed by atoms with Crippen LogP contribution in [0.15, 0.2) is 24.3 Å². The molecule has 1 aliphatic heterocycles. The third-order valence-electron chi connectivity index (χ3n) is 7.61. The van der Waals surface area contributed by atoms with Crippen LogP contribution in [0.2, 0.25) is 5.02 Å². The molecule has 13 heteroatoms. The van der Waals surface area contributed by atoms with Crippen molar-refractivity contribution in [2.24, 2.45) is 11.3 Å². The number of esters is 1. The number of piperidine rings is 1. The zero-order chi connectivity index (χ0) is 32.6. The van der Waals surface area contributed by atoms with Gasteiger partial charge in [-0.1, -0.05) is 58.4 Å². The van der Waals surface area contributed by atoms with Crippen LogP contribution in [0.1, 0.15) is 73.3 Å². The predicted octanol–water partition coefficient (Wildman–Crippen LogP) is 3.70. The molecule has 242 valence electrons. The van der Waals surface area contributed by atoms with Gasteiger partial charge in [0, 0.05) is 23.5 Å². The first-order valence-electron chi connectivity index (χ1n) is 14.4. The second kappa shape index (κ2) is 15.1. The quantitative estimate of drug-likeness (QED) is 0.200. The van der Waals surface area contributed by atoms with Crippen LogP contribution in [0.25, 0.3) is 0 Å². The number of benzene rings is 1. The molecule has 3 amide bonds. The maximum absolute atomic E-state index is 13.6. The highest BCUT2D eigenvalue weighted by Crippen LogP contribution is 2.46. The number of carbonyl (C=O) groups is 4. The highest BCUT2D eigenvalue weighted by Gasteiger charge is 2.50. The Balaban J connectivity index is 1.90. The van der Waals surface area contributed by atoms with Gasteiger partial charge in [-0.15, -0.1) is 0 Å². The molecule has 1 fully saturated rings. The summed E-state index contributed by atoms with van der Waals surface area (Å²) in [5.74, 6) is -1.23. The Kier molecular flexibility index (Phi) is 12.7. The number of urea groups is 1. The van der Waals surface area contributed by atoms with E-state index < -0.39 is 53.7 Å². The summed E-state index contributed by atoms with van der Waals surface area (Å²) in [6, 6.07) is 5.58. The first-order valence-corrected chi connectivity index (χ1v) is 14.8. The summed E-state index contributed by atoms with van der Waals surface area (Å²) in [5.41, 5.74) is -2.33. The number of likely N-dealkylation sites (tertiary alicyclic amines) is 1. The molecule has 1 aromatic carbocycles. The van der Waals surface area contributed by atoms with E-state index >= 15 is 0 Å². The summed E-state index contributed by atoms with van der Waals surface area (Å²) in [6.45, 7) is 12.0. The maximum atomic E-state index is 13.6. The molecule has 12 nitrogen and oxygen atoms in total. The van der Waals surface area contributed by atoms with Crippen LogP contribution >= 0.6 is 11.6 Å². The zero-order valence-electron chi connectivity index (χ0n) is 26.1. The molecule has 1 unspecified atom stereocenters. The van der Waals surface area contributed by atoms with E-state index in [1.807, 2.05) is 27.7 Å². The molecule has 1 aromatic rings. The van der Waals surface area contributed by atoms with Crippen LogP contribution in [-0.4, -0.2) is 83.3 Å². The van der Waals surface area contributed by atoms with Crippen molar-refractivity contribution in [2.75, 3.05) is 26.4 Å². The predicted molar refractivity (Wildman–Crippen MR) is 159 cm³/mol. The van der Waals surface area contributed by atoms with Crippen molar-refractivity contribution in [3.63, 3.8) is 0 Å². The Morgan fingerprint density at radius 2 is 1.74 bits per heavy atom. The minimum Gasteiger partial charge on any atom is -0.428 e. The SMILES string of the molecule is CCC(O)CC(=O)OCOC(=O)OC(C)(C)CNC(=O)N[C@@H](C(=O)N1CC[C@](O)(c2ccc(Cl)cc2)C(C)(C)C1)C(C)C. The van der Waals surface area contributed by atoms with Crippen LogP contribution < -0.4 is 10.6 Å². The van der Waals surface area contributed by atoms with Crippen molar-refractivity contribution in [2.45, 2.75) is 91.1 Å². The third kappa shape index (κ3) is 10.3. The Morgan fingerprint density at radius 3 is 2.30 bits per heavy atom. The van der Waals surface area contributed by atoms with Crippen molar-refractivity contribution in [3.8, 4) is 0 Å². The largest absolute Gasteiger partial charge is 0.511 e. The number of rotatable bonds is 12. The van der Waals surface area contributed by atoms with Gasteiger partial charge in [-0.25, -0.2) is 9.59 Å². The molecule has 43 heavy (non-hydrogen) atoms. The van der Waals surface area contributed by atoms with Gasteiger partial charge in [0.1, 0.15) is 11.6 Å². The van der Waals surface area contributed by atoms with E-state index in [0.29, 0.717) is 24.4 Å². The lowest BCUT2D eigenvalue weighted by Gasteiger charge is -2.51. The van der Waals surface area contributed by atoms with Crippen molar-refractivity contribution < 1.29 is 43.6 Å². The fraction of sp³-hybridized carbons (Fsp3) is 0.667. The first kappa shape index (κ1) is 36.1. The van der Waals surface area contributed by atoms with E-state index in [4.69, 9.17) is 25.8 Å². The molecule has 2 rings (SSSR count). The normalized spacial score (nSPS) is 19.7. The number of carbonyl (C=O) groups excluding carboxylic acids is 4. The summed E-state index contributed by atoms with van der Waals surface area (Å²) in [6.07, 6.45) is -1.48. The molecule has 0 aliphatic carbocycles. The van der Waals surface area contributed by atoms with Gasteiger partial charge in [0.05, 0.1) is 24.7 Å². The first-order chi connectivity index (χ1) is 19.9. The summed E-state index contributed by atoms with van der Waals surface area (Å²) in [4.78, 5) is 51.6. The number of halogens is 1. The summed E-state index contributed by atoms with van der Waals surface area (Å²) in [5, 5.41) is 27.0. The Hall–Kier alpha value is -3.09. The number of hydrogen-bond acceptors (Lipinski definition) is 9. The molecule has 0 bridgehead atoms. The van der Waals surface area contributed by atoms with Gasteiger partial charge < -0.3 is 40.0 Å². The average molecular weight is 628 g/mol. The third-order valence-corrected chi connectivity index (χ3v) is 7.86. The van der Waals surface area contributed by atoms with Gasteiger partial charge in [-0.3, -0.25) is 9.59 Å². The zero-order valence-corrected chi connectivity index (χ0v) is 26.8. The number of ether oxygens (including phenoxy) is 3. The molecule has 0 aromatic heterocycles. The smallest absolute Gasteiger partial charge is 0.428 e. The molecule has 0 radical (unpaired) electrons. The molecular weight excluding hydrogens is 582 g/mol. The number of hydrogen-bond donors (Lipinski definition) is 4. The van der Waals surface area contributed by atoms with E-state index in [1.165, 1.54) is 0 Å². The van der Waals surface area contributed by atoms with Crippen molar-refractivity contribution in [3.05, 3.63) is 34.9 Å². The Labute approximate surface area is 258 Å². The number of aliphatic hydroxyl groups excluding tert-OH is 1. The summed E-state index contributed by atoms with van der Waals surface area (Å²) < 4.78 is 14.7. The minimum absolute atomic E-state index is 0.111. The lowest BCUT2D eigenvalue weighted by Crippen LogP contribution is -2.61. The van der Waals surface area contributed by atoms with Crippen molar-refractivity contribution >= 4 is 35.7 Å². The van der Waals surface area contributed by atoms with E-state index in [2.05, 4.69) is 10.6 Å². The van der Waals surface area contributed by atoms with E-state index in [9.17, 15) is 29.4 Å². The van der Waals surface area contributed by atoms with Crippen molar-refractivity contribution in [1.82, 2.24) is 15.5 Å². The minimum atomic E-state index is -1.20. The standard InChI is InChI=1S/C30H46ClN3O9/c1-8-22(35)15-23(36)41-18-42-27(39)43-29(6,7)16-32-26(38)33-24(19(2)3)25(37)34-14-13-30(40,28(4,5)17-34)20-9-11-21(31)12-10-20/h9-12,19,22,24,35,40H,8,13-18H2,1-7H3,(H2,32,33,38)/t22?,24-,30+/m1/s1. The Bertz CT molecular complexity index is 1130. The van der Waals surface area contributed by atoms with Crippen LogP contribution in [0.4, 0.5) is 9.59 Å². The molecular formula is C30H46ClN3O9. The lowest BCUT2D eigenvalue weighted by molar-refractivity contribution is -0.157. The molecule has 0 saturated carbocycles. The monoisotopic (exact) mass is 627 g/mol. The van der Waals surface area contributed by atoms with E-state index in [0.717, 1.165) is 5.56 Å². The van der Waals surface area contributed by atoms with E-state index in [1.54, 1.807) is 49.9 Å². The number of aliphatic hydroxyl groups is 2. The highest BCUT2D eigenvalue weighted by molar-refractivity contribution is 6.30. The fourth-order valence-electron chi connectivity index (χ4n) is 4.80. The molecule has 1 heterocycles. The second-order valence-corrected chi connectivity index (χ2v) is 12.9. The van der Waals surface area contributed by atoms with Crippen LogP contribution in [0, 0.1) is 11.3 Å². The summed E-state index contributed by atoms with van der Waals surface area (Å²) in [7, 11) is 0. The average Bonchev–Trinajstić information content (AvgIpc) is 2.91. The van der Waals surface area contributed by atoms with Gasteiger partial charge in [-0.05, 0) is 50.3 Å². The highest BCUT2D eigenvalue weighted by atomic mass is 35.5. The molecule has 0 spiro atoms.